The fourth-order valence-corrected chi connectivity index (χ4v) is 4.02. The molecule has 3 rings (SSSR count). The van der Waals surface area contributed by atoms with Gasteiger partial charge < -0.3 is 10.1 Å². The van der Waals surface area contributed by atoms with E-state index in [1.807, 2.05) is 11.8 Å². The Hall–Kier alpha value is -1.33. The van der Waals surface area contributed by atoms with E-state index < -0.39 is 0 Å². The number of benzene rings is 1. The molecule has 1 aromatic carbocycles. The quantitative estimate of drug-likeness (QED) is 0.738. The van der Waals surface area contributed by atoms with Crippen molar-refractivity contribution in [3.63, 3.8) is 0 Å². The van der Waals surface area contributed by atoms with Crippen LogP contribution >= 0.6 is 23.5 Å². The van der Waals surface area contributed by atoms with Crippen LogP contribution in [0.5, 0.6) is 5.75 Å². The average Bonchev–Trinajstić information content (AvgIpc) is 2.88. The molecule has 0 amide bonds. The lowest BCUT2D eigenvalue weighted by Gasteiger charge is -2.21. The highest BCUT2D eigenvalue weighted by atomic mass is 32.2. The third kappa shape index (κ3) is 4.85. The maximum atomic E-state index is 6.06. The van der Waals surface area contributed by atoms with E-state index in [-0.39, 0.29) is 0 Å². The number of aliphatic imine (C=N–C) groups is 1. The van der Waals surface area contributed by atoms with Crippen LogP contribution in [0, 0.1) is 5.92 Å². The molecule has 0 bridgehead atoms. The van der Waals surface area contributed by atoms with E-state index in [0.29, 0.717) is 5.92 Å². The van der Waals surface area contributed by atoms with E-state index in [1.165, 1.54) is 16.8 Å². The predicted molar refractivity (Wildman–Crippen MR) is 113 cm³/mol. The highest BCUT2D eigenvalue weighted by Crippen LogP contribution is 2.32. The van der Waals surface area contributed by atoms with Gasteiger partial charge in [0.2, 0.25) is 0 Å². The number of hydrogen-bond acceptors (Lipinski definition) is 5. The monoisotopic (exact) mass is 374 g/mol. The van der Waals surface area contributed by atoms with Gasteiger partial charge in [-0.1, -0.05) is 36.0 Å². The van der Waals surface area contributed by atoms with Crippen molar-refractivity contribution in [3.05, 3.63) is 47.2 Å². The summed E-state index contributed by atoms with van der Waals surface area (Å²) < 4.78 is 6.06. The second kappa shape index (κ2) is 9.39. The Morgan fingerprint density at radius 1 is 1.32 bits per heavy atom. The van der Waals surface area contributed by atoms with Gasteiger partial charge >= 0.3 is 0 Å². The Kier molecular flexibility index (Phi) is 6.93. The fraction of sp³-hybridized carbons (Fsp3) is 0.450. The largest absolute Gasteiger partial charge is 0.493 e. The summed E-state index contributed by atoms with van der Waals surface area (Å²) >= 11 is 3.54. The first-order valence-electron chi connectivity index (χ1n) is 8.79. The summed E-state index contributed by atoms with van der Waals surface area (Å²) in [6.45, 7) is 1.56. The Labute approximate surface area is 159 Å². The molecular formula is C20H26N2OS2. The summed E-state index contributed by atoms with van der Waals surface area (Å²) in [5, 5.41) is 4.50. The summed E-state index contributed by atoms with van der Waals surface area (Å²) in [5.41, 5.74) is 3.92. The molecule has 1 unspecified atom stereocenters. The number of thioether (sulfide) groups is 2. The normalized spacial score (nSPS) is 19.4. The number of nitrogens with zero attached hydrogens (tertiary/aromatic N) is 1. The van der Waals surface area contributed by atoms with Gasteiger partial charge in [-0.25, -0.2) is 0 Å². The van der Waals surface area contributed by atoms with Gasteiger partial charge in [0.05, 0.1) is 13.2 Å². The molecule has 0 aromatic heterocycles. The zero-order valence-corrected chi connectivity index (χ0v) is 16.6. The third-order valence-corrected chi connectivity index (χ3v) is 5.83. The standard InChI is InChI=1S/C20H26N2OS2/c1-24-14-4-13-23-19-6-3-5-15-7-8-16(9-10-17(15)19)18-11-12-21-20(22-18)25-2/h3,5-6,9-11,16H,4,7-8,12-14H2,1-2H3,(H,21,22). The van der Waals surface area contributed by atoms with Crippen molar-refractivity contribution in [3.8, 4) is 5.75 Å². The molecule has 134 valence electrons. The maximum absolute atomic E-state index is 6.06. The number of ether oxygens (including phenoxy) is 1. The van der Waals surface area contributed by atoms with Crippen LogP contribution in [0.15, 0.2) is 41.0 Å². The Morgan fingerprint density at radius 3 is 3.08 bits per heavy atom. The van der Waals surface area contributed by atoms with Crippen LogP contribution in [0.4, 0.5) is 0 Å². The summed E-state index contributed by atoms with van der Waals surface area (Å²) in [4.78, 5) is 4.47. The van der Waals surface area contributed by atoms with Crippen molar-refractivity contribution in [1.82, 2.24) is 5.32 Å². The van der Waals surface area contributed by atoms with Crippen molar-refractivity contribution in [2.45, 2.75) is 19.3 Å². The molecule has 1 N–H and O–H groups in total. The lowest BCUT2D eigenvalue weighted by atomic mass is 9.97. The number of hydrogen-bond donors (Lipinski definition) is 1. The molecule has 1 aliphatic heterocycles. The maximum Gasteiger partial charge on any atom is 0.160 e. The first-order valence-corrected chi connectivity index (χ1v) is 11.4. The number of rotatable bonds is 6. The second-order valence-corrected chi connectivity index (χ2v) is 7.94. The van der Waals surface area contributed by atoms with Crippen LogP contribution in [0.2, 0.25) is 0 Å². The predicted octanol–water partition coefficient (Wildman–Crippen LogP) is 4.60. The molecule has 1 aromatic rings. The number of fused-ring (bicyclic) bond motifs is 1. The van der Waals surface area contributed by atoms with E-state index in [2.05, 4.69) is 59.2 Å². The van der Waals surface area contributed by atoms with Crippen molar-refractivity contribution >= 4 is 34.8 Å². The third-order valence-electron chi connectivity index (χ3n) is 4.52. The number of nitrogens with one attached hydrogen (secondary N) is 1. The molecule has 25 heavy (non-hydrogen) atoms. The van der Waals surface area contributed by atoms with Gasteiger partial charge in [-0.2, -0.15) is 11.8 Å². The van der Waals surface area contributed by atoms with Crippen LogP contribution in [-0.2, 0) is 6.42 Å². The van der Waals surface area contributed by atoms with E-state index in [1.54, 1.807) is 11.8 Å². The van der Waals surface area contributed by atoms with Crippen LogP contribution in [-0.4, -0.2) is 36.6 Å². The molecule has 2 aliphatic rings. The summed E-state index contributed by atoms with van der Waals surface area (Å²) in [5.74, 6) is 2.58. The Bertz CT molecular complexity index is 682. The van der Waals surface area contributed by atoms with Crippen LogP contribution in [0.1, 0.15) is 24.0 Å². The zero-order chi connectivity index (χ0) is 17.5. The molecule has 0 spiro atoms. The van der Waals surface area contributed by atoms with E-state index in [4.69, 9.17) is 4.74 Å². The molecule has 0 saturated carbocycles. The number of allylic oxidation sites excluding steroid dienone is 1. The zero-order valence-electron chi connectivity index (χ0n) is 15.0. The van der Waals surface area contributed by atoms with Crippen molar-refractivity contribution in [2.24, 2.45) is 10.9 Å². The summed E-state index contributed by atoms with van der Waals surface area (Å²) in [6, 6.07) is 6.45. The fourth-order valence-electron chi connectivity index (χ4n) is 3.19. The van der Waals surface area contributed by atoms with Crippen LogP contribution in [0.3, 0.4) is 0 Å². The van der Waals surface area contributed by atoms with Crippen LogP contribution < -0.4 is 10.1 Å². The molecule has 0 saturated heterocycles. The lowest BCUT2D eigenvalue weighted by Crippen LogP contribution is -2.27. The van der Waals surface area contributed by atoms with Gasteiger partial charge in [0, 0.05) is 17.2 Å². The van der Waals surface area contributed by atoms with Gasteiger partial charge in [-0.05, 0) is 55.2 Å². The second-order valence-electron chi connectivity index (χ2n) is 6.16. The Balaban J connectivity index is 1.71. The lowest BCUT2D eigenvalue weighted by molar-refractivity contribution is 0.318. The topological polar surface area (TPSA) is 33.6 Å². The molecule has 1 aliphatic carbocycles. The molecule has 0 radical (unpaired) electrons. The minimum atomic E-state index is 0.411. The number of amidine groups is 1. The molecule has 0 fully saturated rings. The van der Waals surface area contributed by atoms with E-state index in [9.17, 15) is 0 Å². The van der Waals surface area contributed by atoms with Crippen molar-refractivity contribution in [2.75, 3.05) is 31.4 Å². The van der Waals surface area contributed by atoms with Gasteiger partial charge in [0.25, 0.3) is 0 Å². The SMILES string of the molecule is CSCCCOc1cccc2c1C=CC(C1=CCN=C(SC)N1)CC2. The molecule has 3 nitrogen and oxygen atoms in total. The Morgan fingerprint density at radius 2 is 2.24 bits per heavy atom. The average molecular weight is 375 g/mol. The van der Waals surface area contributed by atoms with E-state index in [0.717, 1.165) is 49.1 Å². The van der Waals surface area contributed by atoms with Crippen LogP contribution in [0.25, 0.3) is 6.08 Å². The van der Waals surface area contributed by atoms with Crippen molar-refractivity contribution in [1.29, 1.82) is 0 Å². The summed E-state index contributed by atoms with van der Waals surface area (Å²) in [7, 11) is 0. The van der Waals surface area contributed by atoms with Gasteiger partial charge in [0.1, 0.15) is 5.75 Å². The minimum absolute atomic E-state index is 0.411. The highest BCUT2D eigenvalue weighted by molar-refractivity contribution is 8.13. The highest BCUT2D eigenvalue weighted by Gasteiger charge is 2.19. The molecule has 1 heterocycles. The molecule has 1 atom stereocenters. The molecular weight excluding hydrogens is 348 g/mol. The first-order chi connectivity index (χ1) is 12.3. The van der Waals surface area contributed by atoms with Crippen molar-refractivity contribution < 1.29 is 4.74 Å². The van der Waals surface area contributed by atoms with Gasteiger partial charge in [-0.15, -0.1) is 0 Å². The van der Waals surface area contributed by atoms with Gasteiger partial charge in [-0.3, -0.25) is 4.99 Å². The smallest absolute Gasteiger partial charge is 0.160 e. The summed E-state index contributed by atoms with van der Waals surface area (Å²) in [6.07, 6.45) is 14.3. The molecule has 5 heteroatoms. The van der Waals surface area contributed by atoms with E-state index >= 15 is 0 Å². The number of aryl methyl sites for hydroxylation is 1. The van der Waals surface area contributed by atoms with Gasteiger partial charge in [0.15, 0.2) is 5.17 Å². The minimum Gasteiger partial charge on any atom is -0.493 e. The first kappa shape index (κ1) is 18.5.